The van der Waals surface area contributed by atoms with Crippen LogP contribution in [0.5, 0.6) is 0 Å². The van der Waals surface area contributed by atoms with Crippen molar-refractivity contribution < 1.29 is 4.39 Å². The lowest BCUT2D eigenvalue weighted by molar-refractivity contribution is 0.618. The van der Waals surface area contributed by atoms with Gasteiger partial charge in [0.25, 0.3) is 0 Å². The Morgan fingerprint density at radius 2 is 2.14 bits per heavy atom. The van der Waals surface area contributed by atoms with E-state index in [0.29, 0.717) is 6.54 Å². The number of rotatable bonds is 3. The third kappa shape index (κ3) is 1.65. The van der Waals surface area contributed by atoms with Gasteiger partial charge in [-0.2, -0.15) is 0 Å². The molecule has 0 amide bonds. The van der Waals surface area contributed by atoms with Crippen molar-refractivity contribution in [2.75, 3.05) is 6.54 Å². The fourth-order valence-corrected chi connectivity index (χ4v) is 2.38. The molecule has 1 aromatic carbocycles. The molecule has 3 heteroatoms. The van der Waals surface area contributed by atoms with Crippen LogP contribution < -0.4 is 5.73 Å². The maximum Gasteiger partial charge on any atom is 0.144 e. The maximum absolute atomic E-state index is 13.8. The molecular formula is C11H12FNS. The molecule has 2 N–H and O–H groups in total. The Bertz CT molecular complexity index is 436. The van der Waals surface area contributed by atoms with Gasteiger partial charge in [-0.25, -0.2) is 4.39 Å². The predicted molar refractivity (Wildman–Crippen MR) is 59.2 cm³/mol. The summed E-state index contributed by atoms with van der Waals surface area (Å²) in [5.74, 6) is -0.0639. The normalized spacial score (nSPS) is 11.0. The highest BCUT2D eigenvalue weighted by atomic mass is 32.1. The van der Waals surface area contributed by atoms with E-state index in [9.17, 15) is 4.39 Å². The number of aryl methyl sites for hydroxylation is 1. The van der Waals surface area contributed by atoms with Gasteiger partial charge in [0.2, 0.25) is 0 Å². The summed E-state index contributed by atoms with van der Waals surface area (Å²) in [5.41, 5.74) is 6.18. The van der Waals surface area contributed by atoms with E-state index in [-0.39, 0.29) is 5.82 Å². The number of nitrogens with two attached hydrogens (primary N) is 1. The molecule has 2 rings (SSSR count). The molecule has 0 spiro atoms. The van der Waals surface area contributed by atoms with E-state index in [1.54, 1.807) is 0 Å². The second kappa shape index (κ2) is 4.07. The van der Waals surface area contributed by atoms with Crippen molar-refractivity contribution in [1.82, 2.24) is 0 Å². The van der Waals surface area contributed by atoms with Crippen LogP contribution >= 0.6 is 11.3 Å². The third-order valence-corrected chi connectivity index (χ3v) is 3.21. The second-order valence-corrected chi connectivity index (χ2v) is 4.19. The topological polar surface area (TPSA) is 26.0 Å². The molecule has 0 fully saturated rings. The van der Waals surface area contributed by atoms with Crippen molar-refractivity contribution in [1.29, 1.82) is 0 Å². The van der Waals surface area contributed by atoms with Crippen LogP contribution in [0.1, 0.15) is 12.0 Å². The van der Waals surface area contributed by atoms with E-state index in [0.717, 1.165) is 28.5 Å². The Morgan fingerprint density at radius 1 is 1.29 bits per heavy atom. The van der Waals surface area contributed by atoms with E-state index in [1.165, 1.54) is 11.3 Å². The summed E-state index contributed by atoms with van der Waals surface area (Å²) < 4.78 is 14.6. The van der Waals surface area contributed by atoms with Gasteiger partial charge in [-0.05, 0) is 41.8 Å². The van der Waals surface area contributed by atoms with Gasteiger partial charge in [0, 0.05) is 0 Å². The summed E-state index contributed by atoms with van der Waals surface area (Å²) in [6, 6.07) is 5.77. The van der Waals surface area contributed by atoms with Gasteiger partial charge in [-0.15, -0.1) is 11.3 Å². The third-order valence-electron chi connectivity index (χ3n) is 2.29. The van der Waals surface area contributed by atoms with Crippen LogP contribution in [-0.4, -0.2) is 6.54 Å². The van der Waals surface area contributed by atoms with Gasteiger partial charge in [-0.3, -0.25) is 0 Å². The summed E-state index contributed by atoms with van der Waals surface area (Å²) in [6.07, 6.45) is 1.57. The van der Waals surface area contributed by atoms with Crippen LogP contribution in [0.2, 0.25) is 0 Å². The van der Waals surface area contributed by atoms with Crippen LogP contribution in [0, 0.1) is 5.82 Å². The van der Waals surface area contributed by atoms with Crippen LogP contribution in [-0.2, 0) is 6.42 Å². The fraction of sp³-hybridized carbons (Fsp3) is 0.273. The fourth-order valence-electron chi connectivity index (χ4n) is 1.52. The Balaban J connectivity index is 2.40. The molecule has 14 heavy (non-hydrogen) atoms. The van der Waals surface area contributed by atoms with E-state index < -0.39 is 0 Å². The van der Waals surface area contributed by atoms with Gasteiger partial charge >= 0.3 is 0 Å². The minimum Gasteiger partial charge on any atom is -0.330 e. The lowest BCUT2D eigenvalue weighted by atomic mass is 10.1. The van der Waals surface area contributed by atoms with Gasteiger partial charge in [0.15, 0.2) is 0 Å². The number of halogens is 1. The molecule has 74 valence electrons. The van der Waals surface area contributed by atoms with E-state index in [4.69, 9.17) is 5.73 Å². The molecule has 0 aliphatic heterocycles. The molecule has 0 radical (unpaired) electrons. The van der Waals surface area contributed by atoms with E-state index in [2.05, 4.69) is 0 Å². The molecule has 0 atom stereocenters. The standard InChI is InChI=1S/C11H12FNS/c12-10-8(2-1-6-13)3-4-9-5-7-14-11(9)10/h3-5,7H,1-2,6,13H2. The molecule has 0 aliphatic carbocycles. The van der Waals surface area contributed by atoms with Gasteiger partial charge in [0.1, 0.15) is 5.82 Å². The van der Waals surface area contributed by atoms with Crippen molar-refractivity contribution in [3.05, 3.63) is 35.0 Å². The van der Waals surface area contributed by atoms with Crippen LogP contribution in [0.25, 0.3) is 10.1 Å². The highest BCUT2D eigenvalue weighted by Gasteiger charge is 2.07. The maximum atomic E-state index is 13.8. The molecule has 1 aromatic heterocycles. The SMILES string of the molecule is NCCCc1ccc2ccsc2c1F. The minimum absolute atomic E-state index is 0.0639. The Morgan fingerprint density at radius 3 is 2.93 bits per heavy atom. The van der Waals surface area contributed by atoms with Crippen LogP contribution in [0.4, 0.5) is 4.39 Å². The Kier molecular flexibility index (Phi) is 2.79. The van der Waals surface area contributed by atoms with Crippen molar-refractivity contribution in [2.24, 2.45) is 5.73 Å². The zero-order chi connectivity index (χ0) is 9.97. The molecule has 0 aliphatic rings. The molecule has 0 saturated heterocycles. The average molecular weight is 209 g/mol. The first-order valence-electron chi connectivity index (χ1n) is 4.67. The largest absolute Gasteiger partial charge is 0.330 e. The quantitative estimate of drug-likeness (QED) is 0.826. The number of thiophene rings is 1. The van der Waals surface area contributed by atoms with Crippen molar-refractivity contribution >= 4 is 21.4 Å². The first-order valence-corrected chi connectivity index (χ1v) is 5.55. The molecule has 0 saturated carbocycles. The summed E-state index contributed by atoms with van der Waals surface area (Å²) in [4.78, 5) is 0. The number of hydrogen-bond donors (Lipinski definition) is 1. The minimum atomic E-state index is -0.0639. The summed E-state index contributed by atoms with van der Waals surface area (Å²) in [6.45, 7) is 0.613. The first kappa shape index (κ1) is 9.62. The monoisotopic (exact) mass is 209 g/mol. The Hall–Kier alpha value is -0.930. The van der Waals surface area contributed by atoms with Gasteiger partial charge in [0.05, 0.1) is 4.70 Å². The summed E-state index contributed by atoms with van der Waals surface area (Å²) in [5, 5.41) is 2.91. The first-order chi connectivity index (χ1) is 6.83. The number of hydrogen-bond acceptors (Lipinski definition) is 2. The highest BCUT2D eigenvalue weighted by molar-refractivity contribution is 7.17. The molecule has 0 unspecified atom stereocenters. The molecule has 0 bridgehead atoms. The van der Waals surface area contributed by atoms with Crippen molar-refractivity contribution in [2.45, 2.75) is 12.8 Å². The van der Waals surface area contributed by atoms with Crippen molar-refractivity contribution in [3.63, 3.8) is 0 Å². The summed E-state index contributed by atoms with van der Waals surface area (Å²) >= 11 is 1.46. The number of benzene rings is 1. The Labute approximate surface area is 86.4 Å². The lowest BCUT2D eigenvalue weighted by Gasteiger charge is -2.02. The molecular weight excluding hydrogens is 197 g/mol. The molecule has 2 aromatic rings. The lowest BCUT2D eigenvalue weighted by Crippen LogP contribution is -2.01. The molecule has 1 heterocycles. The zero-order valence-corrected chi connectivity index (χ0v) is 8.61. The average Bonchev–Trinajstić information content (AvgIpc) is 2.66. The predicted octanol–water partition coefficient (Wildman–Crippen LogP) is 2.93. The van der Waals surface area contributed by atoms with Crippen molar-refractivity contribution in [3.8, 4) is 0 Å². The number of fused-ring (bicyclic) bond motifs is 1. The van der Waals surface area contributed by atoms with Crippen LogP contribution in [0.3, 0.4) is 0 Å². The smallest absolute Gasteiger partial charge is 0.144 e. The van der Waals surface area contributed by atoms with Gasteiger partial charge in [-0.1, -0.05) is 12.1 Å². The van der Waals surface area contributed by atoms with E-state index >= 15 is 0 Å². The van der Waals surface area contributed by atoms with E-state index in [1.807, 2.05) is 23.6 Å². The highest BCUT2D eigenvalue weighted by Crippen LogP contribution is 2.26. The summed E-state index contributed by atoms with van der Waals surface area (Å²) in [7, 11) is 0. The second-order valence-electron chi connectivity index (χ2n) is 3.27. The zero-order valence-electron chi connectivity index (χ0n) is 7.79. The van der Waals surface area contributed by atoms with Gasteiger partial charge < -0.3 is 5.73 Å². The molecule has 1 nitrogen and oxygen atoms in total. The van der Waals surface area contributed by atoms with Crippen LogP contribution in [0.15, 0.2) is 23.6 Å².